The molecule has 0 spiro atoms. The number of amides is 2. The summed E-state index contributed by atoms with van der Waals surface area (Å²) in [6, 6.07) is 21.0. The van der Waals surface area contributed by atoms with Gasteiger partial charge in [-0.25, -0.2) is 9.78 Å². The van der Waals surface area contributed by atoms with Crippen molar-refractivity contribution < 1.29 is 14.3 Å². The minimum Gasteiger partial charge on any atom is -0.391 e. The van der Waals surface area contributed by atoms with Crippen LogP contribution in [0.4, 0.5) is 21.9 Å². The molecule has 1 fully saturated rings. The van der Waals surface area contributed by atoms with E-state index in [1.54, 1.807) is 13.1 Å². The summed E-state index contributed by atoms with van der Waals surface area (Å²) < 4.78 is 5.38. The third-order valence-corrected chi connectivity index (χ3v) is 6.22. The maximum atomic E-state index is 12.8. The fourth-order valence-corrected chi connectivity index (χ4v) is 4.38. The van der Waals surface area contributed by atoms with Crippen molar-refractivity contribution >= 4 is 29.1 Å². The van der Waals surface area contributed by atoms with E-state index in [0.29, 0.717) is 29.0 Å². The van der Waals surface area contributed by atoms with Crippen LogP contribution in [0.2, 0.25) is 0 Å². The first kappa shape index (κ1) is 23.3. The zero-order valence-electron chi connectivity index (χ0n) is 19.8. The summed E-state index contributed by atoms with van der Waals surface area (Å²) in [5, 5.41) is 2.85. The second-order valence-electron chi connectivity index (χ2n) is 8.68. The highest BCUT2D eigenvalue weighted by Crippen LogP contribution is 2.29. The molecule has 2 atom stereocenters. The van der Waals surface area contributed by atoms with Gasteiger partial charge in [0.15, 0.2) is 0 Å². The van der Waals surface area contributed by atoms with Crippen LogP contribution in [0.1, 0.15) is 43.5 Å². The van der Waals surface area contributed by atoms with Crippen LogP contribution in [-0.2, 0) is 0 Å². The lowest BCUT2D eigenvalue weighted by Crippen LogP contribution is -2.43. The number of anilines is 3. The van der Waals surface area contributed by atoms with E-state index in [9.17, 15) is 9.59 Å². The van der Waals surface area contributed by atoms with Crippen molar-refractivity contribution in [2.75, 3.05) is 22.2 Å². The van der Waals surface area contributed by atoms with Gasteiger partial charge in [0.25, 0.3) is 5.91 Å². The largest absolute Gasteiger partial charge is 0.420 e. The minimum atomic E-state index is -0.570. The Morgan fingerprint density at radius 1 is 1.00 bits per heavy atom. The first-order valence-electron chi connectivity index (χ1n) is 11.6. The Bertz CT molecular complexity index is 1120. The van der Waals surface area contributed by atoms with Crippen LogP contribution in [0.5, 0.6) is 5.88 Å². The monoisotopic (exact) mass is 458 g/mol. The molecule has 1 N–H and O–H groups in total. The van der Waals surface area contributed by atoms with Gasteiger partial charge in [0, 0.05) is 54.0 Å². The number of rotatable bonds is 5. The number of pyridine rings is 1. The minimum absolute atomic E-state index is 0.106. The summed E-state index contributed by atoms with van der Waals surface area (Å²) >= 11 is 0. The summed E-state index contributed by atoms with van der Waals surface area (Å²) in [6.07, 6.45) is 4.54. The van der Waals surface area contributed by atoms with E-state index in [2.05, 4.69) is 29.0 Å². The predicted molar refractivity (Wildman–Crippen MR) is 135 cm³/mol. The van der Waals surface area contributed by atoms with Crippen LogP contribution in [0.3, 0.4) is 0 Å². The van der Waals surface area contributed by atoms with E-state index >= 15 is 0 Å². The van der Waals surface area contributed by atoms with Crippen LogP contribution in [0, 0.1) is 0 Å². The number of nitrogens with one attached hydrogen (secondary N) is 1. The normalized spacial score (nSPS) is 17.7. The molecule has 0 bridgehead atoms. The molecule has 1 aliphatic heterocycles. The number of benzene rings is 2. The molecule has 2 unspecified atom stereocenters. The quantitative estimate of drug-likeness (QED) is 0.528. The Hall–Kier alpha value is -3.87. The lowest BCUT2D eigenvalue weighted by atomic mass is 9.96. The first-order valence-corrected chi connectivity index (χ1v) is 11.6. The van der Waals surface area contributed by atoms with Gasteiger partial charge in [-0.05, 0) is 75.6 Å². The molecular weight excluding hydrogens is 428 g/mol. The maximum absolute atomic E-state index is 12.8. The van der Waals surface area contributed by atoms with Gasteiger partial charge >= 0.3 is 6.09 Å². The van der Waals surface area contributed by atoms with E-state index in [0.717, 1.165) is 5.69 Å². The molecule has 2 amide bonds. The van der Waals surface area contributed by atoms with E-state index in [-0.39, 0.29) is 11.8 Å². The van der Waals surface area contributed by atoms with Crippen LogP contribution in [0.25, 0.3) is 0 Å². The van der Waals surface area contributed by atoms with Crippen LogP contribution in [0.15, 0.2) is 72.9 Å². The second kappa shape index (κ2) is 10.4. The third kappa shape index (κ3) is 5.36. The number of carbonyl (C=O) groups excluding carboxylic acids is 2. The van der Waals surface area contributed by atoms with Crippen LogP contribution in [-0.4, -0.2) is 36.1 Å². The van der Waals surface area contributed by atoms with Gasteiger partial charge in [0.2, 0.25) is 5.88 Å². The van der Waals surface area contributed by atoms with E-state index in [4.69, 9.17) is 4.74 Å². The standard InChI is InChI=1S/C27H30N4O3/c1-19-8-7-9-20(2)31(19)24-14-12-21(13-15-24)26(32)29-22-16-17-28-25(18-22)34-27(33)30(3)23-10-5-4-6-11-23/h4-6,10-20H,7-9H2,1-3H3,(H,28,29,32). The van der Waals surface area contributed by atoms with E-state index < -0.39 is 6.09 Å². The molecular formula is C27H30N4O3. The van der Waals surface area contributed by atoms with Gasteiger partial charge in [-0.2, -0.15) is 0 Å². The van der Waals surface area contributed by atoms with Crippen molar-refractivity contribution in [2.45, 2.75) is 45.2 Å². The van der Waals surface area contributed by atoms with Gasteiger partial charge in [-0.15, -0.1) is 0 Å². The number of nitrogens with zero attached hydrogens (tertiary/aromatic N) is 3. The summed E-state index contributed by atoms with van der Waals surface area (Å²) in [5.74, 6) is -0.134. The smallest absolute Gasteiger partial charge is 0.391 e. The Kier molecular flexibility index (Phi) is 7.11. The summed E-state index contributed by atoms with van der Waals surface area (Å²) in [4.78, 5) is 33.2. The number of para-hydroxylation sites is 1. The molecule has 176 valence electrons. The molecule has 2 heterocycles. The molecule has 7 heteroatoms. The molecule has 34 heavy (non-hydrogen) atoms. The van der Waals surface area contributed by atoms with Crippen molar-refractivity contribution in [1.82, 2.24) is 4.98 Å². The maximum Gasteiger partial charge on any atom is 0.420 e. The average molecular weight is 459 g/mol. The summed E-state index contributed by atoms with van der Waals surface area (Å²) in [5.41, 5.74) is 2.89. The molecule has 3 aromatic rings. The fourth-order valence-electron chi connectivity index (χ4n) is 4.38. The Morgan fingerprint density at radius 2 is 1.68 bits per heavy atom. The van der Waals surface area contributed by atoms with Crippen LogP contribution < -0.4 is 19.9 Å². The Morgan fingerprint density at radius 3 is 2.35 bits per heavy atom. The molecule has 4 rings (SSSR count). The SMILES string of the molecule is CC1CCCC(C)N1c1ccc(C(=O)Nc2ccnc(OC(=O)N(C)c3ccccc3)c2)cc1. The molecule has 1 aliphatic rings. The van der Waals surface area contributed by atoms with Gasteiger partial charge in [0.1, 0.15) is 0 Å². The van der Waals surface area contributed by atoms with Crippen molar-refractivity contribution in [3.05, 3.63) is 78.5 Å². The number of hydrogen-bond acceptors (Lipinski definition) is 5. The molecule has 2 aromatic carbocycles. The Labute approximate surface area is 200 Å². The second-order valence-corrected chi connectivity index (χ2v) is 8.68. The number of piperidine rings is 1. The lowest BCUT2D eigenvalue weighted by Gasteiger charge is -2.41. The molecule has 0 aliphatic carbocycles. The van der Waals surface area contributed by atoms with Crippen LogP contribution >= 0.6 is 0 Å². The zero-order chi connectivity index (χ0) is 24.1. The van der Waals surface area contributed by atoms with Crippen molar-refractivity contribution in [2.24, 2.45) is 0 Å². The molecule has 0 radical (unpaired) electrons. The number of aromatic nitrogens is 1. The van der Waals surface area contributed by atoms with E-state index in [1.807, 2.05) is 54.6 Å². The summed E-state index contributed by atoms with van der Waals surface area (Å²) in [7, 11) is 1.62. The number of hydrogen-bond donors (Lipinski definition) is 1. The average Bonchev–Trinajstić information content (AvgIpc) is 2.84. The van der Waals surface area contributed by atoms with Gasteiger partial charge in [-0.3, -0.25) is 9.69 Å². The van der Waals surface area contributed by atoms with Crippen molar-refractivity contribution in [1.29, 1.82) is 0 Å². The lowest BCUT2D eigenvalue weighted by molar-refractivity contribution is 0.102. The summed E-state index contributed by atoms with van der Waals surface area (Å²) in [6.45, 7) is 4.50. The number of ether oxygens (including phenoxy) is 1. The van der Waals surface area contributed by atoms with Crippen molar-refractivity contribution in [3.63, 3.8) is 0 Å². The molecule has 1 saturated heterocycles. The first-order chi connectivity index (χ1) is 16.4. The zero-order valence-corrected chi connectivity index (χ0v) is 19.8. The van der Waals surface area contributed by atoms with E-state index in [1.165, 1.54) is 36.4 Å². The molecule has 7 nitrogen and oxygen atoms in total. The molecule has 1 aromatic heterocycles. The van der Waals surface area contributed by atoms with Crippen molar-refractivity contribution in [3.8, 4) is 5.88 Å². The molecule has 0 saturated carbocycles. The Balaban J connectivity index is 1.40. The number of carbonyl (C=O) groups is 2. The fraction of sp³-hybridized carbons (Fsp3) is 0.296. The predicted octanol–water partition coefficient (Wildman–Crippen LogP) is 5.74. The third-order valence-electron chi connectivity index (χ3n) is 6.22. The van der Waals surface area contributed by atoms with Gasteiger partial charge in [-0.1, -0.05) is 18.2 Å². The topological polar surface area (TPSA) is 74.8 Å². The highest BCUT2D eigenvalue weighted by molar-refractivity contribution is 6.04. The highest BCUT2D eigenvalue weighted by Gasteiger charge is 2.25. The van der Waals surface area contributed by atoms with Gasteiger partial charge in [0.05, 0.1) is 0 Å². The highest BCUT2D eigenvalue weighted by atomic mass is 16.6. The van der Waals surface area contributed by atoms with Gasteiger partial charge < -0.3 is 15.0 Å².